The summed E-state index contributed by atoms with van der Waals surface area (Å²) in [5.74, 6) is -2.29. The van der Waals surface area contributed by atoms with Gasteiger partial charge >= 0.3 is 6.18 Å². The number of alkyl halides is 3. The number of fused-ring (bicyclic) bond motifs is 1. The lowest BCUT2D eigenvalue weighted by Gasteiger charge is -2.02. The van der Waals surface area contributed by atoms with Gasteiger partial charge in [0.15, 0.2) is 0 Å². The summed E-state index contributed by atoms with van der Waals surface area (Å²) in [6, 6.07) is 5.25. The highest BCUT2D eigenvalue weighted by Gasteiger charge is 2.35. The lowest BCUT2D eigenvalue weighted by atomic mass is 10.2. The van der Waals surface area contributed by atoms with Crippen LogP contribution in [0.3, 0.4) is 0 Å². The second kappa shape index (κ2) is 4.86. The second-order valence-corrected chi connectivity index (χ2v) is 4.73. The van der Waals surface area contributed by atoms with Crippen molar-refractivity contribution < 1.29 is 18.0 Å². The number of nitrogens with one attached hydrogen (secondary N) is 2. The lowest BCUT2D eigenvalue weighted by molar-refractivity contribution is -0.144. The smallest absolute Gasteiger partial charge is 0.323 e. The van der Waals surface area contributed by atoms with Gasteiger partial charge in [-0.15, -0.1) is 5.10 Å². The maximum absolute atomic E-state index is 12.4. The maximum Gasteiger partial charge on any atom is 0.451 e. The molecule has 9 heteroatoms. The third-order valence-corrected chi connectivity index (χ3v) is 2.97. The predicted molar refractivity (Wildman–Crippen MR) is 71.5 cm³/mol. The zero-order valence-corrected chi connectivity index (χ0v) is 11.3. The Morgan fingerprint density at radius 1 is 1.32 bits per heavy atom. The van der Waals surface area contributed by atoms with E-state index in [0.29, 0.717) is 0 Å². The first kappa shape index (κ1) is 14.1. The standard InChI is InChI=1S/C13H10F3N5O/c1-7-4-9-3-2-8(6-21(9)5-7)10(22)17-12-18-11(19-20-12)13(14,15)16/h2-6H,1H3,(H2,17,18,19,20,22). The number of hydrogen-bond acceptors (Lipinski definition) is 3. The van der Waals surface area contributed by atoms with E-state index in [2.05, 4.69) is 15.4 Å². The van der Waals surface area contributed by atoms with Gasteiger partial charge in [-0.1, -0.05) is 0 Å². The summed E-state index contributed by atoms with van der Waals surface area (Å²) < 4.78 is 38.9. The quantitative estimate of drug-likeness (QED) is 0.764. The molecule has 2 N–H and O–H groups in total. The van der Waals surface area contributed by atoms with Gasteiger partial charge in [0.25, 0.3) is 5.91 Å². The Bertz CT molecular complexity index is 849. The van der Waals surface area contributed by atoms with Crippen LogP contribution in [-0.2, 0) is 6.18 Å². The summed E-state index contributed by atoms with van der Waals surface area (Å²) in [7, 11) is 0. The molecule has 0 fully saturated rings. The van der Waals surface area contributed by atoms with Crippen molar-refractivity contribution in [1.29, 1.82) is 0 Å². The van der Waals surface area contributed by atoms with Crippen molar-refractivity contribution in [2.24, 2.45) is 0 Å². The Morgan fingerprint density at radius 3 is 2.77 bits per heavy atom. The van der Waals surface area contributed by atoms with Crippen LogP contribution in [0.15, 0.2) is 30.6 Å². The van der Waals surface area contributed by atoms with Crippen LogP contribution in [0.2, 0.25) is 0 Å². The molecule has 1 amide bonds. The molecule has 3 aromatic rings. The number of rotatable bonds is 2. The molecule has 6 nitrogen and oxygen atoms in total. The highest BCUT2D eigenvalue weighted by Crippen LogP contribution is 2.26. The molecule has 0 radical (unpaired) electrons. The van der Waals surface area contributed by atoms with Gasteiger partial charge in [0.05, 0.1) is 5.56 Å². The first-order valence-corrected chi connectivity index (χ1v) is 6.22. The van der Waals surface area contributed by atoms with Crippen molar-refractivity contribution in [1.82, 2.24) is 19.6 Å². The van der Waals surface area contributed by atoms with Crippen LogP contribution in [0.5, 0.6) is 0 Å². The van der Waals surface area contributed by atoms with Crippen LogP contribution in [-0.4, -0.2) is 25.5 Å². The molecule has 0 saturated heterocycles. The summed E-state index contributed by atoms with van der Waals surface area (Å²) >= 11 is 0. The molecular formula is C13H10F3N5O. The molecule has 0 aliphatic heterocycles. The Balaban J connectivity index is 1.82. The number of aromatic amines is 1. The molecule has 0 spiro atoms. The van der Waals surface area contributed by atoms with Crippen LogP contribution >= 0.6 is 0 Å². The molecule has 0 saturated carbocycles. The van der Waals surface area contributed by atoms with Crippen LogP contribution < -0.4 is 5.32 Å². The van der Waals surface area contributed by atoms with Gasteiger partial charge in [0.1, 0.15) is 0 Å². The highest BCUT2D eigenvalue weighted by molar-refractivity contribution is 6.03. The summed E-state index contributed by atoms with van der Waals surface area (Å²) in [5, 5.41) is 7.27. The minimum absolute atomic E-state index is 0.279. The van der Waals surface area contributed by atoms with Gasteiger partial charge in [0.2, 0.25) is 11.8 Å². The minimum atomic E-state index is -4.64. The fourth-order valence-electron chi connectivity index (χ4n) is 2.01. The van der Waals surface area contributed by atoms with E-state index in [-0.39, 0.29) is 5.56 Å². The molecule has 3 rings (SSSR count). The molecule has 114 valence electrons. The monoisotopic (exact) mass is 309 g/mol. The normalized spacial score (nSPS) is 11.8. The molecule has 0 atom stereocenters. The third kappa shape index (κ3) is 2.65. The van der Waals surface area contributed by atoms with Gasteiger partial charge in [0, 0.05) is 17.9 Å². The molecule has 22 heavy (non-hydrogen) atoms. The summed E-state index contributed by atoms with van der Waals surface area (Å²) in [4.78, 5) is 15.2. The molecule has 0 aliphatic carbocycles. The third-order valence-electron chi connectivity index (χ3n) is 2.97. The maximum atomic E-state index is 12.4. The van der Waals surface area contributed by atoms with Crippen LogP contribution in [0.25, 0.3) is 5.52 Å². The van der Waals surface area contributed by atoms with Gasteiger partial charge < -0.3 is 4.40 Å². The molecule has 0 unspecified atom stereocenters. The summed E-state index contributed by atoms with van der Waals surface area (Å²) in [6.07, 6.45) is -1.23. The van der Waals surface area contributed by atoms with Crippen molar-refractivity contribution >= 4 is 17.4 Å². The number of carbonyl (C=O) groups is 1. The van der Waals surface area contributed by atoms with Crippen LogP contribution in [0.4, 0.5) is 19.1 Å². The second-order valence-electron chi connectivity index (χ2n) is 4.73. The molecule has 3 aromatic heterocycles. The van der Waals surface area contributed by atoms with E-state index >= 15 is 0 Å². The van der Waals surface area contributed by atoms with Crippen molar-refractivity contribution in [3.8, 4) is 0 Å². The first-order chi connectivity index (χ1) is 10.3. The average Bonchev–Trinajstić information content (AvgIpc) is 3.02. The van der Waals surface area contributed by atoms with E-state index in [4.69, 9.17) is 0 Å². The van der Waals surface area contributed by atoms with Crippen molar-refractivity contribution in [2.45, 2.75) is 13.1 Å². The van der Waals surface area contributed by atoms with Gasteiger partial charge in [-0.2, -0.15) is 18.2 Å². The zero-order chi connectivity index (χ0) is 15.9. The molecule has 0 aliphatic rings. The lowest BCUT2D eigenvalue weighted by Crippen LogP contribution is -2.14. The first-order valence-electron chi connectivity index (χ1n) is 6.22. The average molecular weight is 309 g/mol. The Labute approximate surface area is 122 Å². The van der Waals surface area contributed by atoms with E-state index in [9.17, 15) is 18.0 Å². The Kier molecular flexibility index (Phi) is 3.12. The number of amides is 1. The fourth-order valence-corrected chi connectivity index (χ4v) is 2.01. The minimum Gasteiger partial charge on any atom is -0.323 e. The van der Waals surface area contributed by atoms with Crippen molar-refractivity contribution in [3.05, 3.63) is 47.5 Å². The summed E-state index contributed by atoms with van der Waals surface area (Å²) in [5.41, 5.74) is 2.22. The largest absolute Gasteiger partial charge is 0.451 e. The topological polar surface area (TPSA) is 75.1 Å². The Morgan fingerprint density at radius 2 is 2.09 bits per heavy atom. The number of H-pyrrole nitrogens is 1. The highest BCUT2D eigenvalue weighted by atomic mass is 19.4. The van der Waals surface area contributed by atoms with Gasteiger partial charge in [-0.25, -0.2) is 0 Å². The molecule has 0 aromatic carbocycles. The van der Waals surface area contributed by atoms with E-state index < -0.39 is 23.9 Å². The van der Waals surface area contributed by atoms with Gasteiger partial charge in [-0.05, 0) is 30.7 Å². The number of anilines is 1. The van der Waals surface area contributed by atoms with Crippen LogP contribution in [0, 0.1) is 6.92 Å². The van der Waals surface area contributed by atoms with Crippen LogP contribution in [0.1, 0.15) is 21.7 Å². The van der Waals surface area contributed by atoms with Crippen molar-refractivity contribution in [2.75, 3.05) is 5.32 Å². The number of aryl methyl sites for hydroxylation is 1. The number of pyridine rings is 1. The Hall–Kier alpha value is -2.84. The zero-order valence-electron chi connectivity index (χ0n) is 11.3. The molecule has 3 heterocycles. The molecular weight excluding hydrogens is 299 g/mol. The number of hydrogen-bond donors (Lipinski definition) is 2. The van der Waals surface area contributed by atoms with E-state index in [1.54, 1.807) is 27.8 Å². The predicted octanol–water partition coefficient (Wildman–Crippen LogP) is 2.64. The van der Waals surface area contributed by atoms with Crippen molar-refractivity contribution in [3.63, 3.8) is 0 Å². The summed E-state index contributed by atoms with van der Waals surface area (Å²) in [6.45, 7) is 1.92. The molecule has 0 bridgehead atoms. The number of aromatic nitrogens is 4. The number of nitrogens with zero attached hydrogens (tertiary/aromatic N) is 3. The fraction of sp³-hybridized carbons (Fsp3) is 0.154. The van der Waals surface area contributed by atoms with Gasteiger partial charge in [-0.3, -0.25) is 15.2 Å². The number of carbonyl (C=O) groups excluding carboxylic acids is 1. The number of halogens is 3. The van der Waals surface area contributed by atoms with E-state index in [0.717, 1.165) is 11.1 Å². The SMILES string of the molecule is Cc1cc2ccc(C(=O)Nc3n[nH]c(C(F)(F)F)n3)cn2c1. The van der Waals surface area contributed by atoms with E-state index in [1.807, 2.05) is 19.2 Å². The van der Waals surface area contributed by atoms with E-state index in [1.165, 1.54) is 0 Å².